The Hall–Kier alpha value is -1.81. The molecule has 1 aromatic rings. The summed E-state index contributed by atoms with van der Waals surface area (Å²) in [6.07, 6.45) is 2.24. The highest BCUT2D eigenvalue weighted by molar-refractivity contribution is 5.82. The number of rotatable bonds is 4. The number of carbonyl (C=O) groups is 1. The lowest BCUT2D eigenvalue weighted by molar-refractivity contribution is -0.132. The number of nitrogens with zero attached hydrogens (tertiary/aromatic N) is 2. The number of anilines is 1. The van der Waals surface area contributed by atoms with Crippen molar-refractivity contribution in [2.45, 2.75) is 12.5 Å². The van der Waals surface area contributed by atoms with Crippen LogP contribution in [0.1, 0.15) is 6.42 Å². The summed E-state index contributed by atoms with van der Waals surface area (Å²) < 4.78 is 0. The van der Waals surface area contributed by atoms with Crippen molar-refractivity contribution < 1.29 is 4.79 Å². The SMILES string of the molecule is C=CCC(N)C(=O)N1CCN(c2ccccc2)CC1. The van der Waals surface area contributed by atoms with Crippen molar-refractivity contribution in [2.24, 2.45) is 5.73 Å². The first kappa shape index (κ1) is 13.6. The third-order valence-electron chi connectivity index (χ3n) is 3.45. The van der Waals surface area contributed by atoms with Gasteiger partial charge in [0.05, 0.1) is 6.04 Å². The number of piperazine rings is 1. The molecule has 19 heavy (non-hydrogen) atoms. The Labute approximate surface area is 114 Å². The number of amides is 1. The van der Waals surface area contributed by atoms with Gasteiger partial charge in [0.15, 0.2) is 0 Å². The molecule has 0 bridgehead atoms. The Morgan fingerprint density at radius 3 is 2.47 bits per heavy atom. The van der Waals surface area contributed by atoms with Crippen LogP contribution in [0.5, 0.6) is 0 Å². The van der Waals surface area contributed by atoms with Crippen molar-refractivity contribution in [2.75, 3.05) is 31.1 Å². The van der Waals surface area contributed by atoms with Gasteiger partial charge >= 0.3 is 0 Å². The number of para-hydroxylation sites is 1. The zero-order valence-corrected chi connectivity index (χ0v) is 11.2. The molecule has 0 saturated carbocycles. The summed E-state index contributed by atoms with van der Waals surface area (Å²) in [6.45, 7) is 6.81. The van der Waals surface area contributed by atoms with Crippen LogP contribution in [0.2, 0.25) is 0 Å². The molecule has 2 N–H and O–H groups in total. The lowest BCUT2D eigenvalue weighted by Crippen LogP contribution is -2.53. The Morgan fingerprint density at radius 1 is 1.26 bits per heavy atom. The van der Waals surface area contributed by atoms with E-state index in [9.17, 15) is 4.79 Å². The van der Waals surface area contributed by atoms with Crippen LogP contribution in [0.4, 0.5) is 5.69 Å². The zero-order valence-electron chi connectivity index (χ0n) is 11.2. The number of carbonyl (C=O) groups excluding carboxylic acids is 1. The summed E-state index contributed by atoms with van der Waals surface area (Å²) >= 11 is 0. The van der Waals surface area contributed by atoms with E-state index in [4.69, 9.17) is 5.73 Å². The van der Waals surface area contributed by atoms with E-state index in [0.717, 1.165) is 26.2 Å². The van der Waals surface area contributed by atoms with Crippen LogP contribution in [-0.4, -0.2) is 43.0 Å². The zero-order chi connectivity index (χ0) is 13.7. The number of nitrogens with two attached hydrogens (primary N) is 1. The summed E-state index contributed by atoms with van der Waals surface area (Å²) in [7, 11) is 0. The molecule has 1 amide bonds. The maximum Gasteiger partial charge on any atom is 0.239 e. The van der Waals surface area contributed by atoms with Crippen LogP contribution in [0.25, 0.3) is 0 Å². The first-order valence-electron chi connectivity index (χ1n) is 6.67. The summed E-state index contributed by atoms with van der Waals surface area (Å²) in [5.41, 5.74) is 7.04. The van der Waals surface area contributed by atoms with E-state index in [-0.39, 0.29) is 5.91 Å². The van der Waals surface area contributed by atoms with Crippen LogP contribution in [0.15, 0.2) is 43.0 Å². The largest absolute Gasteiger partial charge is 0.368 e. The predicted molar refractivity (Wildman–Crippen MR) is 78.0 cm³/mol. The van der Waals surface area contributed by atoms with Crippen LogP contribution >= 0.6 is 0 Å². The second-order valence-electron chi connectivity index (χ2n) is 4.78. The van der Waals surface area contributed by atoms with Gasteiger partial charge in [0.25, 0.3) is 0 Å². The minimum absolute atomic E-state index is 0.0348. The highest BCUT2D eigenvalue weighted by atomic mass is 16.2. The van der Waals surface area contributed by atoms with Crippen LogP contribution < -0.4 is 10.6 Å². The summed E-state index contributed by atoms with van der Waals surface area (Å²) in [5.74, 6) is 0.0348. The first-order chi connectivity index (χ1) is 9.22. The Morgan fingerprint density at radius 2 is 1.89 bits per heavy atom. The molecule has 1 saturated heterocycles. The normalized spacial score (nSPS) is 17.1. The second kappa shape index (κ2) is 6.38. The quantitative estimate of drug-likeness (QED) is 0.828. The highest BCUT2D eigenvalue weighted by Gasteiger charge is 2.24. The van der Waals surface area contributed by atoms with Gasteiger partial charge < -0.3 is 15.5 Å². The molecule has 0 spiro atoms. The smallest absolute Gasteiger partial charge is 0.239 e. The van der Waals surface area contributed by atoms with E-state index in [0.29, 0.717) is 6.42 Å². The maximum atomic E-state index is 12.1. The molecule has 2 rings (SSSR count). The summed E-state index contributed by atoms with van der Waals surface area (Å²) in [5, 5.41) is 0. The number of hydrogen-bond acceptors (Lipinski definition) is 3. The molecule has 4 nitrogen and oxygen atoms in total. The average Bonchev–Trinajstić information content (AvgIpc) is 2.48. The third kappa shape index (κ3) is 3.35. The molecule has 4 heteroatoms. The van der Waals surface area contributed by atoms with Gasteiger partial charge in [-0.3, -0.25) is 4.79 Å². The third-order valence-corrected chi connectivity index (χ3v) is 3.45. The molecule has 0 aromatic heterocycles. The topological polar surface area (TPSA) is 49.6 Å². The van der Waals surface area contributed by atoms with Gasteiger partial charge in [0, 0.05) is 31.9 Å². The van der Waals surface area contributed by atoms with Gasteiger partial charge in [0.2, 0.25) is 5.91 Å². The van der Waals surface area contributed by atoms with E-state index in [1.54, 1.807) is 6.08 Å². The van der Waals surface area contributed by atoms with Gasteiger partial charge in [-0.15, -0.1) is 6.58 Å². The lowest BCUT2D eigenvalue weighted by atomic mass is 10.1. The van der Waals surface area contributed by atoms with Crippen LogP contribution in [0, 0.1) is 0 Å². The predicted octanol–water partition coefficient (Wildman–Crippen LogP) is 1.24. The van der Waals surface area contributed by atoms with Gasteiger partial charge in [0.1, 0.15) is 0 Å². The van der Waals surface area contributed by atoms with Crippen molar-refractivity contribution in [1.29, 1.82) is 0 Å². The van der Waals surface area contributed by atoms with Crippen molar-refractivity contribution in [3.63, 3.8) is 0 Å². The van der Waals surface area contributed by atoms with Gasteiger partial charge in [-0.25, -0.2) is 0 Å². The highest BCUT2D eigenvalue weighted by Crippen LogP contribution is 2.15. The molecule has 1 heterocycles. The fraction of sp³-hybridized carbons (Fsp3) is 0.400. The maximum absolute atomic E-state index is 12.1. The molecule has 0 aliphatic carbocycles. The summed E-state index contributed by atoms with van der Waals surface area (Å²) in [4.78, 5) is 16.2. The molecule has 102 valence electrons. The van der Waals surface area contributed by atoms with E-state index in [1.165, 1.54) is 5.69 Å². The minimum atomic E-state index is -0.444. The molecular formula is C15H21N3O. The molecule has 1 fully saturated rings. The Balaban J connectivity index is 1.89. The van der Waals surface area contributed by atoms with Gasteiger partial charge in [-0.1, -0.05) is 24.3 Å². The molecule has 0 radical (unpaired) electrons. The van der Waals surface area contributed by atoms with Crippen LogP contribution in [0.3, 0.4) is 0 Å². The molecule has 1 aliphatic heterocycles. The Bertz CT molecular complexity index is 424. The minimum Gasteiger partial charge on any atom is -0.368 e. The Kier molecular flexibility index (Phi) is 4.58. The van der Waals surface area contributed by atoms with Gasteiger partial charge in [-0.05, 0) is 18.6 Å². The fourth-order valence-corrected chi connectivity index (χ4v) is 2.34. The first-order valence-corrected chi connectivity index (χ1v) is 6.67. The van der Waals surface area contributed by atoms with E-state index in [1.807, 2.05) is 23.1 Å². The van der Waals surface area contributed by atoms with Gasteiger partial charge in [-0.2, -0.15) is 0 Å². The molecule has 1 atom stereocenters. The number of benzene rings is 1. The van der Waals surface area contributed by atoms with E-state index in [2.05, 4.69) is 23.6 Å². The molecule has 1 unspecified atom stereocenters. The number of hydrogen-bond donors (Lipinski definition) is 1. The lowest BCUT2D eigenvalue weighted by Gasteiger charge is -2.37. The van der Waals surface area contributed by atoms with E-state index < -0.39 is 6.04 Å². The standard InChI is InChI=1S/C15H21N3O/c1-2-6-14(16)15(19)18-11-9-17(10-12-18)13-7-4-3-5-8-13/h2-5,7-8,14H,1,6,9-12,16H2. The molecule has 1 aromatic carbocycles. The second-order valence-corrected chi connectivity index (χ2v) is 4.78. The average molecular weight is 259 g/mol. The van der Waals surface area contributed by atoms with Crippen molar-refractivity contribution in [1.82, 2.24) is 4.90 Å². The van der Waals surface area contributed by atoms with Crippen molar-refractivity contribution >= 4 is 11.6 Å². The van der Waals surface area contributed by atoms with Crippen molar-refractivity contribution in [3.05, 3.63) is 43.0 Å². The van der Waals surface area contributed by atoms with Crippen LogP contribution in [-0.2, 0) is 4.79 Å². The summed E-state index contributed by atoms with van der Waals surface area (Å²) in [6, 6.07) is 9.83. The fourth-order valence-electron chi connectivity index (χ4n) is 2.34. The monoisotopic (exact) mass is 259 g/mol. The molecular weight excluding hydrogens is 238 g/mol. The molecule has 1 aliphatic rings. The van der Waals surface area contributed by atoms with E-state index >= 15 is 0 Å². The van der Waals surface area contributed by atoms with Crippen molar-refractivity contribution in [3.8, 4) is 0 Å².